The van der Waals surface area contributed by atoms with Crippen molar-refractivity contribution in [3.63, 3.8) is 0 Å². The zero-order chi connectivity index (χ0) is 16.9. The smallest absolute Gasteiger partial charge is 0.236 e. The summed E-state index contributed by atoms with van der Waals surface area (Å²) >= 11 is 7.64. The van der Waals surface area contributed by atoms with Gasteiger partial charge in [0.25, 0.3) is 0 Å². The van der Waals surface area contributed by atoms with Crippen LogP contribution in [0, 0.1) is 0 Å². The molecular formula is C16H16ClIN4O2S. The van der Waals surface area contributed by atoms with Crippen LogP contribution >= 0.6 is 46.9 Å². The van der Waals surface area contributed by atoms with E-state index in [0.717, 1.165) is 10.6 Å². The Bertz CT molecular complexity index is 852. The molecule has 0 spiro atoms. The van der Waals surface area contributed by atoms with E-state index < -0.39 is 0 Å². The van der Waals surface area contributed by atoms with Crippen molar-refractivity contribution in [3.8, 4) is 16.5 Å². The Labute approximate surface area is 171 Å². The second-order valence-corrected chi connectivity index (χ2v) is 6.15. The number of nitrogens with one attached hydrogen (secondary N) is 1. The van der Waals surface area contributed by atoms with Crippen molar-refractivity contribution in [1.29, 1.82) is 0 Å². The maximum absolute atomic E-state index is 6.07. The Morgan fingerprint density at radius 1 is 1.44 bits per heavy atom. The van der Waals surface area contributed by atoms with Crippen molar-refractivity contribution in [1.82, 2.24) is 4.98 Å². The average Bonchev–Trinajstić information content (AvgIpc) is 3.24. The summed E-state index contributed by atoms with van der Waals surface area (Å²) in [4.78, 5) is 9.61. The van der Waals surface area contributed by atoms with Crippen LogP contribution in [0.15, 0.2) is 51.4 Å². The predicted octanol–water partition coefficient (Wildman–Crippen LogP) is 4.61. The number of ether oxygens (including phenoxy) is 1. The molecule has 0 saturated carbocycles. The molecule has 0 aliphatic carbocycles. The van der Waals surface area contributed by atoms with Gasteiger partial charge in [-0.05, 0) is 29.6 Å². The highest BCUT2D eigenvalue weighted by Crippen LogP contribution is 2.27. The van der Waals surface area contributed by atoms with Crippen LogP contribution in [-0.2, 0) is 6.54 Å². The van der Waals surface area contributed by atoms with Gasteiger partial charge < -0.3 is 20.2 Å². The van der Waals surface area contributed by atoms with Gasteiger partial charge in [-0.2, -0.15) is 0 Å². The lowest BCUT2D eigenvalue weighted by atomic mass is 10.3. The van der Waals surface area contributed by atoms with E-state index in [4.69, 9.17) is 26.5 Å². The van der Waals surface area contributed by atoms with Gasteiger partial charge in [0.05, 0.1) is 23.6 Å². The first-order valence-electron chi connectivity index (χ1n) is 7.04. The minimum atomic E-state index is 0. The number of rotatable bonds is 5. The Morgan fingerprint density at radius 3 is 2.96 bits per heavy atom. The fourth-order valence-electron chi connectivity index (χ4n) is 1.99. The van der Waals surface area contributed by atoms with E-state index >= 15 is 0 Å². The molecule has 0 bridgehead atoms. The highest BCUT2D eigenvalue weighted by Gasteiger charge is 2.07. The number of nitrogens with zero attached hydrogens (tertiary/aromatic N) is 2. The standard InChI is InChI=1S/C16H15ClN4O2S.HI/c1-22-13-5-4-10(7-12(13)17)21-16(18)19-8-11-9-23-15(20-11)14-3-2-6-24-14;/h2-7,9H,8H2,1H3,(H3,18,19,21);1H. The molecule has 6 nitrogen and oxygen atoms in total. The normalized spacial score (nSPS) is 11.0. The van der Waals surface area contributed by atoms with Crippen molar-refractivity contribution < 1.29 is 9.15 Å². The Kier molecular flexibility index (Phi) is 7.09. The molecule has 0 saturated heterocycles. The van der Waals surface area contributed by atoms with Gasteiger partial charge in [-0.1, -0.05) is 17.7 Å². The topological polar surface area (TPSA) is 85.7 Å². The van der Waals surface area contributed by atoms with E-state index in [-0.39, 0.29) is 29.9 Å². The summed E-state index contributed by atoms with van der Waals surface area (Å²) in [6, 6.07) is 9.17. The molecule has 3 N–H and O–H groups in total. The zero-order valence-corrected chi connectivity index (χ0v) is 17.1. The third kappa shape index (κ3) is 5.10. The van der Waals surface area contributed by atoms with Crippen LogP contribution in [0.25, 0.3) is 10.8 Å². The number of nitrogens with two attached hydrogens (primary N) is 1. The van der Waals surface area contributed by atoms with Crippen LogP contribution in [0.1, 0.15) is 5.69 Å². The molecule has 0 aliphatic rings. The molecule has 2 aromatic heterocycles. The highest BCUT2D eigenvalue weighted by molar-refractivity contribution is 14.0. The van der Waals surface area contributed by atoms with Gasteiger partial charge in [0.1, 0.15) is 17.7 Å². The Hall–Kier alpha value is -1.78. The molecule has 3 rings (SSSR count). The molecule has 1 aromatic carbocycles. The molecule has 0 amide bonds. The van der Waals surface area contributed by atoms with E-state index in [1.807, 2.05) is 17.5 Å². The first-order chi connectivity index (χ1) is 11.7. The molecule has 3 aromatic rings. The molecule has 0 aliphatic heterocycles. The van der Waals surface area contributed by atoms with E-state index in [9.17, 15) is 0 Å². The van der Waals surface area contributed by atoms with Gasteiger partial charge in [0.15, 0.2) is 5.96 Å². The number of aliphatic imine (C=N–C) groups is 1. The number of benzene rings is 1. The SMILES string of the molecule is COc1ccc(NC(N)=NCc2coc(-c3cccs3)n2)cc1Cl.I. The van der Waals surface area contributed by atoms with Gasteiger partial charge in [-0.3, -0.25) is 0 Å². The van der Waals surface area contributed by atoms with Crippen LogP contribution < -0.4 is 15.8 Å². The lowest BCUT2D eigenvalue weighted by Crippen LogP contribution is -2.22. The lowest BCUT2D eigenvalue weighted by Gasteiger charge is -2.08. The summed E-state index contributed by atoms with van der Waals surface area (Å²) in [6.07, 6.45) is 1.58. The summed E-state index contributed by atoms with van der Waals surface area (Å²) in [5.74, 6) is 1.45. The van der Waals surface area contributed by atoms with Gasteiger partial charge in [0, 0.05) is 5.69 Å². The summed E-state index contributed by atoms with van der Waals surface area (Å²) in [5.41, 5.74) is 7.31. The van der Waals surface area contributed by atoms with Crippen LogP contribution in [0.4, 0.5) is 5.69 Å². The lowest BCUT2D eigenvalue weighted by molar-refractivity contribution is 0.415. The maximum atomic E-state index is 6.07. The average molecular weight is 491 g/mol. The Morgan fingerprint density at radius 2 is 2.28 bits per heavy atom. The van der Waals surface area contributed by atoms with Gasteiger partial charge in [0.2, 0.25) is 5.89 Å². The molecule has 0 unspecified atom stereocenters. The number of anilines is 1. The zero-order valence-electron chi connectivity index (χ0n) is 13.2. The van der Waals surface area contributed by atoms with Crippen LogP contribution in [0.3, 0.4) is 0 Å². The third-order valence-corrected chi connectivity index (χ3v) is 4.27. The van der Waals surface area contributed by atoms with Gasteiger partial charge in [-0.15, -0.1) is 35.3 Å². The summed E-state index contributed by atoms with van der Waals surface area (Å²) in [6.45, 7) is 0.317. The number of thiophene rings is 1. The third-order valence-electron chi connectivity index (χ3n) is 3.12. The van der Waals surface area contributed by atoms with Crippen LogP contribution in [0.2, 0.25) is 5.02 Å². The first-order valence-corrected chi connectivity index (χ1v) is 8.30. The first kappa shape index (κ1) is 19.5. The number of guanidine groups is 1. The Balaban J connectivity index is 0.00000225. The number of methoxy groups -OCH3 is 1. The fraction of sp³-hybridized carbons (Fsp3) is 0.125. The van der Waals surface area contributed by atoms with Crippen molar-refractivity contribution in [2.45, 2.75) is 6.54 Å². The molecule has 9 heteroatoms. The molecule has 132 valence electrons. The molecule has 0 fully saturated rings. The van der Waals surface area contributed by atoms with E-state index in [1.54, 1.807) is 42.9 Å². The van der Waals surface area contributed by atoms with E-state index in [0.29, 0.717) is 28.9 Å². The predicted molar refractivity (Wildman–Crippen MR) is 112 cm³/mol. The van der Waals surface area contributed by atoms with Crippen LogP contribution in [0.5, 0.6) is 5.75 Å². The molecule has 25 heavy (non-hydrogen) atoms. The number of oxazole rings is 1. The summed E-state index contributed by atoms with van der Waals surface area (Å²) in [7, 11) is 1.56. The molecule has 2 heterocycles. The van der Waals surface area contributed by atoms with Crippen molar-refractivity contribution in [3.05, 3.63) is 52.7 Å². The minimum Gasteiger partial charge on any atom is -0.495 e. The number of hydrogen-bond donors (Lipinski definition) is 2. The minimum absolute atomic E-state index is 0. The maximum Gasteiger partial charge on any atom is 0.236 e. The number of hydrogen-bond acceptors (Lipinski definition) is 5. The largest absolute Gasteiger partial charge is 0.495 e. The molecular weight excluding hydrogens is 475 g/mol. The van der Waals surface area contributed by atoms with Crippen molar-refractivity contribution >= 4 is 58.6 Å². The summed E-state index contributed by atoms with van der Waals surface area (Å²) < 4.78 is 10.5. The summed E-state index contributed by atoms with van der Waals surface area (Å²) in [5, 5.41) is 5.43. The van der Waals surface area contributed by atoms with Crippen molar-refractivity contribution in [2.75, 3.05) is 12.4 Å². The number of halogens is 2. The highest BCUT2D eigenvalue weighted by atomic mass is 127. The van der Waals surface area contributed by atoms with E-state index in [2.05, 4.69) is 15.3 Å². The second-order valence-electron chi connectivity index (χ2n) is 4.80. The fourth-order valence-corrected chi connectivity index (χ4v) is 2.90. The molecule has 0 radical (unpaired) electrons. The molecule has 0 atom stereocenters. The van der Waals surface area contributed by atoms with E-state index in [1.165, 1.54) is 0 Å². The van der Waals surface area contributed by atoms with Gasteiger partial charge >= 0.3 is 0 Å². The second kappa shape index (κ2) is 9.07. The van der Waals surface area contributed by atoms with Gasteiger partial charge in [-0.25, -0.2) is 9.98 Å². The van der Waals surface area contributed by atoms with Crippen LogP contribution in [-0.4, -0.2) is 18.1 Å². The monoisotopic (exact) mass is 490 g/mol. The van der Waals surface area contributed by atoms with Crippen molar-refractivity contribution in [2.24, 2.45) is 10.7 Å². The number of aromatic nitrogens is 1. The quantitative estimate of drug-likeness (QED) is 0.310.